The first-order valence-electron chi connectivity index (χ1n) is 7.52. The Balaban J connectivity index is 1.56. The molecule has 1 amide bonds. The molecule has 5 heteroatoms. The van der Waals surface area contributed by atoms with E-state index in [1.54, 1.807) is 12.4 Å². The Hall–Kier alpha value is -2.95. The molecule has 1 aromatic carbocycles. The van der Waals surface area contributed by atoms with Crippen molar-refractivity contribution in [3.05, 3.63) is 72.2 Å². The van der Waals surface area contributed by atoms with Crippen molar-refractivity contribution in [2.45, 2.75) is 19.8 Å². The number of hydrogen-bond acceptors (Lipinski definition) is 3. The van der Waals surface area contributed by atoms with Crippen LogP contribution in [0.1, 0.15) is 17.5 Å². The zero-order chi connectivity index (χ0) is 16.1. The quantitative estimate of drug-likeness (QED) is 0.787. The lowest BCUT2D eigenvalue weighted by molar-refractivity contribution is -0.116. The molecule has 0 spiro atoms. The zero-order valence-electron chi connectivity index (χ0n) is 12.9. The number of aryl methyl sites for hydroxylation is 2. The summed E-state index contributed by atoms with van der Waals surface area (Å²) in [5, 5.41) is 7.15. The number of rotatable bonds is 5. The summed E-state index contributed by atoms with van der Waals surface area (Å²) in [4.78, 5) is 16.1. The minimum atomic E-state index is -0.0458. The lowest BCUT2D eigenvalue weighted by atomic mass is 10.2. The van der Waals surface area contributed by atoms with E-state index in [-0.39, 0.29) is 5.91 Å². The molecule has 3 rings (SSSR count). The van der Waals surface area contributed by atoms with Crippen LogP contribution in [0, 0.1) is 6.92 Å². The second kappa shape index (κ2) is 6.87. The van der Waals surface area contributed by atoms with Gasteiger partial charge < -0.3 is 5.32 Å². The van der Waals surface area contributed by atoms with E-state index < -0.39 is 0 Å². The third kappa shape index (κ3) is 4.03. The van der Waals surface area contributed by atoms with E-state index in [0.29, 0.717) is 18.7 Å². The molecule has 0 bridgehead atoms. The summed E-state index contributed by atoms with van der Waals surface area (Å²) in [6.45, 7) is 1.97. The minimum absolute atomic E-state index is 0.0458. The molecule has 116 valence electrons. The van der Waals surface area contributed by atoms with E-state index in [1.807, 2.05) is 60.3 Å². The molecule has 5 nitrogen and oxygen atoms in total. The summed E-state index contributed by atoms with van der Waals surface area (Å²) in [6.07, 6.45) is 6.48. The third-order valence-electron chi connectivity index (χ3n) is 3.48. The summed E-state index contributed by atoms with van der Waals surface area (Å²) in [6, 6.07) is 13.6. The molecule has 1 N–H and O–H groups in total. The van der Waals surface area contributed by atoms with Gasteiger partial charge in [0.05, 0.1) is 11.9 Å². The Labute approximate surface area is 135 Å². The third-order valence-corrected chi connectivity index (χ3v) is 3.48. The first-order chi connectivity index (χ1) is 11.2. The number of anilines is 1. The van der Waals surface area contributed by atoms with Crippen molar-refractivity contribution in [1.82, 2.24) is 14.8 Å². The number of benzene rings is 1. The van der Waals surface area contributed by atoms with Gasteiger partial charge in [-0.25, -0.2) is 9.67 Å². The van der Waals surface area contributed by atoms with Gasteiger partial charge in [0.15, 0.2) is 0 Å². The molecular formula is C18H18N4O. The van der Waals surface area contributed by atoms with E-state index in [4.69, 9.17) is 0 Å². The van der Waals surface area contributed by atoms with Crippen molar-refractivity contribution < 1.29 is 4.79 Å². The fourth-order valence-electron chi connectivity index (χ4n) is 2.28. The Morgan fingerprint density at radius 1 is 1.22 bits per heavy atom. The van der Waals surface area contributed by atoms with Crippen LogP contribution < -0.4 is 5.32 Å². The minimum Gasteiger partial charge on any atom is -0.311 e. The zero-order valence-corrected chi connectivity index (χ0v) is 12.9. The van der Waals surface area contributed by atoms with Gasteiger partial charge in [0.2, 0.25) is 5.91 Å². The van der Waals surface area contributed by atoms with Crippen molar-refractivity contribution in [3.8, 4) is 5.69 Å². The molecule has 0 aliphatic carbocycles. The Kier molecular flexibility index (Phi) is 4.47. The largest absolute Gasteiger partial charge is 0.311 e. The molecule has 0 aliphatic heterocycles. The van der Waals surface area contributed by atoms with Crippen LogP contribution in [0.3, 0.4) is 0 Å². The number of carbonyl (C=O) groups is 1. The molecule has 3 aromatic rings. The van der Waals surface area contributed by atoms with Gasteiger partial charge in [-0.15, -0.1) is 0 Å². The molecule has 2 heterocycles. The first-order valence-corrected chi connectivity index (χ1v) is 7.52. The molecule has 0 saturated carbocycles. The molecular weight excluding hydrogens is 288 g/mol. The fraction of sp³-hybridized carbons (Fsp3) is 0.167. The molecule has 0 radical (unpaired) electrons. The first kappa shape index (κ1) is 15.0. The molecule has 2 aromatic heterocycles. The average Bonchev–Trinajstić information content (AvgIpc) is 3.03. The van der Waals surface area contributed by atoms with E-state index >= 15 is 0 Å². The normalized spacial score (nSPS) is 10.5. The molecule has 0 unspecified atom stereocenters. The van der Waals surface area contributed by atoms with Crippen LogP contribution in [0.5, 0.6) is 0 Å². The van der Waals surface area contributed by atoms with Crippen LogP contribution in [-0.2, 0) is 11.2 Å². The van der Waals surface area contributed by atoms with E-state index in [0.717, 1.165) is 16.8 Å². The van der Waals surface area contributed by atoms with Gasteiger partial charge in [-0.3, -0.25) is 4.79 Å². The van der Waals surface area contributed by atoms with Crippen LogP contribution in [0.4, 0.5) is 5.82 Å². The number of aromatic nitrogens is 3. The van der Waals surface area contributed by atoms with Gasteiger partial charge in [0.1, 0.15) is 5.82 Å². The predicted octanol–water partition coefficient (Wildman–Crippen LogP) is 3.15. The van der Waals surface area contributed by atoms with Crippen molar-refractivity contribution in [2.24, 2.45) is 0 Å². The number of amides is 1. The average molecular weight is 306 g/mol. The topological polar surface area (TPSA) is 59.8 Å². The maximum absolute atomic E-state index is 12.0. The second-order valence-electron chi connectivity index (χ2n) is 5.40. The SMILES string of the molecule is Cc1ccnc(NC(=O)CCc2cnn(-c3ccccc3)c2)c1. The standard InChI is InChI=1S/C18H18N4O/c1-14-9-10-19-17(11-14)21-18(23)8-7-15-12-20-22(13-15)16-5-3-2-4-6-16/h2-6,9-13H,7-8H2,1H3,(H,19,21,23). The highest BCUT2D eigenvalue weighted by Crippen LogP contribution is 2.10. The van der Waals surface area contributed by atoms with Gasteiger partial charge >= 0.3 is 0 Å². The summed E-state index contributed by atoms with van der Waals surface area (Å²) in [5.41, 5.74) is 3.10. The number of pyridine rings is 1. The van der Waals surface area contributed by atoms with Gasteiger partial charge in [-0.05, 0) is 48.7 Å². The van der Waals surface area contributed by atoms with E-state index in [1.165, 1.54) is 0 Å². The van der Waals surface area contributed by atoms with Crippen molar-refractivity contribution in [1.29, 1.82) is 0 Å². The Bertz CT molecular complexity index is 796. The summed E-state index contributed by atoms with van der Waals surface area (Å²) < 4.78 is 1.81. The predicted molar refractivity (Wildman–Crippen MR) is 89.5 cm³/mol. The van der Waals surface area contributed by atoms with Gasteiger partial charge in [0.25, 0.3) is 0 Å². The maximum atomic E-state index is 12.0. The van der Waals surface area contributed by atoms with Crippen LogP contribution in [0.2, 0.25) is 0 Å². The van der Waals surface area contributed by atoms with Crippen molar-refractivity contribution in [3.63, 3.8) is 0 Å². The molecule has 23 heavy (non-hydrogen) atoms. The number of carbonyl (C=O) groups excluding carboxylic acids is 1. The lowest BCUT2D eigenvalue weighted by Crippen LogP contribution is -2.13. The smallest absolute Gasteiger partial charge is 0.225 e. The number of nitrogens with one attached hydrogen (secondary N) is 1. The Morgan fingerprint density at radius 3 is 2.83 bits per heavy atom. The highest BCUT2D eigenvalue weighted by atomic mass is 16.1. The molecule has 0 saturated heterocycles. The van der Waals surface area contributed by atoms with Crippen molar-refractivity contribution >= 4 is 11.7 Å². The molecule has 0 fully saturated rings. The summed E-state index contributed by atoms with van der Waals surface area (Å²) >= 11 is 0. The van der Waals surface area contributed by atoms with Gasteiger partial charge in [0, 0.05) is 18.8 Å². The van der Waals surface area contributed by atoms with Gasteiger partial charge in [-0.2, -0.15) is 5.10 Å². The van der Waals surface area contributed by atoms with Crippen LogP contribution in [0.25, 0.3) is 5.69 Å². The van der Waals surface area contributed by atoms with E-state index in [9.17, 15) is 4.79 Å². The molecule has 0 atom stereocenters. The van der Waals surface area contributed by atoms with Crippen molar-refractivity contribution in [2.75, 3.05) is 5.32 Å². The van der Waals surface area contributed by atoms with Crippen LogP contribution >= 0.6 is 0 Å². The summed E-state index contributed by atoms with van der Waals surface area (Å²) in [5.74, 6) is 0.547. The maximum Gasteiger partial charge on any atom is 0.225 e. The fourth-order valence-corrected chi connectivity index (χ4v) is 2.28. The number of nitrogens with zero attached hydrogens (tertiary/aromatic N) is 3. The summed E-state index contributed by atoms with van der Waals surface area (Å²) in [7, 11) is 0. The highest BCUT2D eigenvalue weighted by molar-refractivity contribution is 5.89. The van der Waals surface area contributed by atoms with E-state index in [2.05, 4.69) is 15.4 Å². The second-order valence-corrected chi connectivity index (χ2v) is 5.40. The lowest BCUT2D eigenvalue weighted by Gasteiger charge is -2.04. The number of hydrogen-bond donors (Lipinski definition) is 1. The molecule has 0 aliphatic rings. The van der Waals surface area contributed by atoms with Gasteiger partial charge in [-0.1, -0.05) is 18.2 Å². The van der Waals surface area contributed by atoms with Crippen LogP contribution in [0.15, 0.2) is 61.1 Å². The Morgan fingerprint density at radius 2 is 2.04 bits per heavy atom. The monoisotopic (exact) mass is 306 g/mol. The number of para-hydroxylation sites is 1. The van der Waals surface area contributed by atoms with Crippen LogP contribution in [-0.4, -0.2) is 20.7 Å². The highest BCUT2D eigenvalue weighted by Gasteiger charge is 2.06.